The second-order valence-electron chi connectivity index (χ2n) is 4.00. The molecule has 0 aliphatic rings. The zero-order chi connectivity index (χ0) is 14.5. The number of rotatable bonds is 5. The van der Waals surface area contributed by atoms with E-state index in [0.29, 0.717) is 10.7 Å². The second-order valence-corrected chi connectivity index (χ2v) is 5.36. The van der Waals surface area contributed by atoms with Gasteiger partial charge in [0.05, 0.1) is 26.9 Å². The first-order valence-corrected chi connectivity index (χ1v) is 7.27. The Kier molecular flexibility index (Phi) is 4.76. The van der Waals surface area contributed by atoms with Gasteiger partial charge in [-0.3, -0.25) is 5.43 Å². The van der Waals surface area contributed by atoms with Crippen molar-refractivity contribution in [2.45, 2.75) is 13.3 Å². The fourth-order valence-electron chi connectivity index (χ4n) is 1.62. The maximum Gasteiger partial charge on any atom is 0.335 e. The molecule has 0 fully saturated rings. The van der Waals surface area contributed by atoms with Gasteiger partial charge in [-0.05, 0) is 36.1 Å². The monoisotopic (exact) mass is 308 g/mol. The molecule has 2 N–H and O–H groups in total. The van der Waals surface area contributed by atoms with Crippen LogP contribution in [-0.4, -0.2) is 16.8 Å². The molecule has 2 rings (SSSR count). The minimum absolute atomic E-state index is 0.168. The van der Waals surface area contributed by atoms with Gasteiger partial charge in [0, 0.05) is 0 Å². The Morgan fingerprint density at radius 3 is 2.85 bits per heavy atom. The maximum absolute atomic E-state index is 10.9. The smallest absolute Gasteiger partial charge is 0.335 e. The SMILES string of the molecule is CC/C(=N/Nc1cc(C(=O)O)ccc1Cl)c1cccs1. The van der Waals surface area contributed by atoms with Gasteiger partial charge in [0.1, 0.15) is 0 Å². The van der Waals surface area contributed by atoms with Crippen molar-refractivity contribution in [2.75, 3.05) is 5.43 Å². The number of hydrogen-bond donors (Lipinski definition) is 2. The Morgan fingerprint density at radius 2 is 2.25 bits per heavy atom. The number of nitrogens with zero attached hydrogens (tertiary/aromatic N) is 1. The van der Waals surface area contributed by atoms with Crippen molar-refractivity contribution in [3.8, 4) is 0 Å². The molecule has 6 heteroatoms. The summed E-state index contributed by atoms with van der Waals surface area (Å²) in [4.78, 5) is 12.0. The summed E-state index contributed by atoms with van der Waals surface area (Å²) in [5, 5.41) is 15.7. The lowest BCUT2D eigenvalue weighted by atomic mass is 10.2. The van der Waals surface area contributed by atoms with Gasteiger partial charge in [-0.25, -0.2) is 4.79 Å². The van der Waals surface area contributed by atoms with Crippen LogP contribution in [0.2, 0.25) is 5.02 Å². The molecule has 0 aliphatic carbocycles. The van der Waals surface area contributed by atoms with E-state index in [0.717, 1.165) is 17.0 Å². The number of benzene rings is 1. The normalized spacial score (nSPS) is 11.4. The van der Waals surface area contributed by atoms with Crippen molar-refractivity contribution in [2.24, 2.45) is 5.10 Å². The summed E-state index contributed by atoms with van der Waals surface area (Å²) < 4.78 is 0. The summed E-state index contributed by atoms with van der Waals surface area (Å²) in [6.45, 7) is 2.01. The minimum atomic E-state index is -0.998. The van der Waals surface area contributed by atoms with Crippen LogP contribution in [0.25, 0.3) is 0 Å². The van der Waals surface area contributed by atoms with Crippen molar-refractivity contribution >= 4 is 40.3 Å². The predicted octanol–water partition coefficient (Wildman–Crippen LogP) is 4.33. The van der Waals surface area contributed by atoms with E-state index in [1.165, 1.54) is 12.1 Å². The van der Waals surface area contributed by atoms with Crippen LogP contribution in [0.1, 0.15) is 28.6 Å². The van der Waals surface area contributed by atoms with Crippen LogP contribution in [0.5, 0.6) is 0 Å². The van der Waals surface area contributed by atoms with E-state index in [2.05, 4.69) is 10.5 Å². The first-order chi connectivity index (χ1) is 9.61. The largest absolute Gasteiger partial charge is 0.478 e. The Hall–Kier alpha value is -1.85. The van der Waals surface area contributed by atoms with E-state index in [4.69, 9.17) is 16.7 Å². The van der Waals surface area contributed by atoms with Gasteiger partial charge in [0.25, 0.3) is 0 Å². The highest BCUT2D eigenvalue weighted by Gasteiger charge is 2.08. The van der Waals surface area contributed by atoms with Crippen molar-refractivity contribution < 1.29 is 9.90 Å². The first-order valence-electron chi connectivity index (χ1n) is 6.01. The molecule has 0 bridgehead atoms. The second kappa shape index (κ2) is 6.54. The Labute approximate surface area is 125 Å². The van der Waals surface area contributed by atoms with Crippen molar-refractivity contribution in [3.63, 3.8) is 0 Å². The molecule has 104 valence electrons. The zero-order valence-electron chi connectivity index (χ0n) is 10.8. The zero-order valence-corrected chi connectivity index (χ0v) is 12.3. The predicted molar refractivity (Wildman–Crippen MR) is 83.2 cm³/mol. The molecule has 0 spiro atoms. The van der Waals surface area contributed by atoms with E-state index < -0.39 is 5.97 Å². The average Bonchev–Trinajstić information content (AvgIpc) is 2.95. The Balaban J connectivity index is 2.25. The quantitative estimate of drug-likeness (QED) is 0.638. The number of carboxylic acids is 1. The topological polar surface area (TPSA) is 61.7 Å². The van der Waals surface area contributed by atoms with Crippen LogP contribution in [0.15, 0.2) is 40.8 Å². The molecule has 0 saturated heterocycles. The highest BCUT2D eigenvalue weighted by molar-refractivity contribution is 7.12. The Morgan fingerprint density at radius 1 is 1.45 bits per heavy atom. The molecule has 4 nitrogen and oxygen atoms in total. The van der Waals surface area contributed by atoms with Crippen LogP contribution in [0.4, 0.5) is 5.69 Å². The minimum Gasteiger partial charge on any atom is -0.478 e. The van der Waals surface area contributed by atoms with Gasteiger partial charge < -0.3 is 5.11 Å². The number of nitrogens with one attached hydrogen (secondary N) is 1. The van der Waals surface area contributed by atoms with Gasteiger partial charge in [-0.15, -0.1) is 11.3 Å². The number of carboxylic acid groups (broad SMARTS) is 1. The third-order valence-electron chi connectivity index (χ3n) is 2.67. The number of halogens is 1. The summed E-state index contributed by atoms with van der Waals surface area (Å²) in [6.07, 6.45) is 0.768. The summed E-state index contributed by atoms with van der Waals surface area (Å²) >= 11 is 7.64. The van der Waals surface area contributed by atoms with Gasteiger partial charge in [0.2, 0.25) is 0 Å². The molecule has 0 aliphatic heterocycles. The molecule has 0 atom stereocenters. The van der Waals surface area contributed by atoms with Crippen LogP contribution in [0.3, 0.4) is 0 Å². The molecular formula is C14H13ClN2O2S. The lowest BCUT2D eigenvalue weighted by Gasteiger charge is -2.07. The fourth-order valence-corrected chi connectivity index (χ4v) is 2.57. The lowest BCUT2D eigenvalue weighted by Crippen LogP contribution is -2.03. The summed E-state index contributed by atoms with van der Waals surface area (Å²) in [6, 6.07) is 8.42. The van der Waals surface area contributed by atoms with E-state index in [9.17, 15) is 4.79 Å². The van der Waals surface area contributed by atoms with Crippen LogP contribution < -0.4 is 5.43 Å². The van der Waals surface area contributed by atoms with E-state index in [-0.39, 0.29) is 5.56 Å². The molecule has 0 unspecified atom stereocenters. The summed E-state index contributed by atoms with van der Waals surface area (Å²) in [7, 11) is 0. The summed E-state index contributed by atoms with van der Waals surface area (Å²) in [5.74, 6) is -0.998. The van der Waals surface area contributed by atoms with Crippen molar-refractivity contribution in [1.82, 2.24) is 0 Å². The number of hydrogen-bond acceptors (Lipinski definition) is 4. The number of thiophene rings is 1. The van der Waals surface area contributed by atoms with E-state index >= 15 is 0 Å². The van der Waals surface area contributed by atoms with E-state index in [1.54, 1.807) is 17.4 Å². The van der Waals surface area contributed by atoms with Crippen molar-refractivity contribution in [3.05, 3.63) is 51.2 Å². The molecule has 0 amide bonds. The number of anilines is 1. The van der Waals surface area contributed by atoms with E-state index in [1.807, 2.05) is 24.4 Å². The van der Waals surface area contributed by atoms with Crippen LogP contribution in [0, 0.1) is 0 Å². The number of hydrazone groups is 1. The molecule has 2 aromatic rings. The molecule has 20 heavy (non-hydrogen) atoms. The van der Waals surface area contributed by atoms with Crippen LogP contribution in [-0.2, 0) is 0 Å². The molecule has 1 aromatic heterocycles. The summed E-state index contributed by atoms with van der Waals surface area (Å²) in [5.41, 5.74) is 4.40. The molecule has 1 aromatic carbocycles. The van der Waals surface area contributed by atoms with Crippen molar-refractivity contribution in [1.29, 1.82) is 0 Å². The number of carbonyl (C=O) groups is 1. The molecule has 1 heterocycles. The van der Waals surface area contributed by atoms with Gasteiger partial charge in [-0.1, -0.05) is 24.6 Å². The average molecular weight is 309 g/mol. The first kappa shape index (κ1) is 14.6. The molecule has 0 saturated carbocycles. The van der Waals surface area contributed by atoms with Gasteiger partial charge in [0.15, 0.2) is 0 Å². The Bertz CT molecular complexity index is 639. The van der Waals surface area contributed by atoms with Gasteiger partial charge in [-0.2, -0.15) is 5.10 Å². The number of aromatic carboxylic acids is 1. The lowest BCUT2D eigenvalue weighted by molar-refractivity contribution is 0.0697. The third kappa shape index (κ3) is 3.37. The third-order valence-corrected chi connectivity index (χ3v) is 3.91. The van der Waals surface area contributed by atoms with Gasteiger partial charge >= 0.3 is 5.97 Å². The standard InChI is InChI=1S/C14H13ClN2O2S/c1-2-11(13-4-3-7-20-13)16-17-12-8-9(14(18)19)5-6-10(12)15/h3-8,17H,2H2,1H3,(H,18,19)/b16-11-. The molecule has 0 radical (unpaired) electrons. The maximum atomic E-state index is 10.9. The highest BCUT2D eigenvalue weighted by Crippen LogP contribution is 2.23. The van der Waals surface area contributed by atoms with Crippen LogP contribution >= 0.6 is 22.9 Å². The molecular weight excluding hydrogens is 296 g/mol. The highest BCUT2D eigenvalue weighted by atomic mass is 35.5. The fraction of sp³-hybridized carbons (Fsp3) is 0.143.